The largest absolute Gasteiger partial charge is 0.103 e. The van der Waals surface area contributed by atoms with E-state index in [1.165, 1.54) is 22.4 Å². The molecule has 0 saturated heterocycles. The summed E-state index contributed by atoms with van der Waals surface area (Å²) < 4.78 is 0. The van der Waals surface area contributed by atoms with Crippen LogP contribution in [0.1, 0.15) is 11.1 Å². The normalized spacial score (nSPS) is 24.8. The first-order valence-electron chi connectivity index (χ1n) is 5.06. The van der Waals surface area contributed by atoms with Crippen molar-refractivity contribution in [2.24, 2.45) is 0 Å². The minimum atomic E-state index is -1.31. The van der Waals surface area contributed by atoms with E-state index in [2.05, 4.69) is 50.0 Å². The third kappa shape index (κ3) is 1.28. The van der Waals surface area contributed by atoms with Crippen molar-refractivity contribution in [3.63, 3.8) is 0 Å². The molecular weight excluding hydrogens is 184 g/mol. The smallest absolute Gasteiger partial charge is 0.0916 e. The number of rotatable bonds is 2. The van der Waals surface area contributed by atoms with E-state index in [1.54, 1.807) is 0 Å². The van der Waals surface area contributed by atoms with E-state index in [4.69, 9.17) is 0 Å². The number of allylic oxidation sites excluding steroid dienone is 1. The second-order valence-electron chi connectivity index (χ2n) is 4.37. The topological polar surface area (TPSA) is 0 Å². The van der Waals surface area contributed by atoms with Crippen LogP contribution in [-0.4, -0.2) is 8.07 Å². The Balaban J connectivity index is 2.43. The van der Waals surface area contributed by atoms with Gasteiger partial charge in [0.05, 0.1) is 8.07 Å². The molecule has 72 valence electrons. The zero-order valence-electron chi connectivity index (χ0n) is 8.72. The molecule has 0 fully saturated rings. The molecular formula is C13H16Si. The maximum atomic E-state index is 4.28. The van der Waals surface area contributed by atoms with Crippen LogP contribution in [0.4, 0.5) is 0 Å². The van der Waals surface area contributed by atoms with Crippen molar-refractivity contribution in [2.75, 3.05) is 0 Å². The third-order valence-electron chi connectivity index (χ3n) is 3.25. The Kier molecular flexibility index (Phi) is 2.20. The van der Waals surface area contributed by atoms with Gasteiger partial charge >= 0.3 is 0 Å². The van der Waals surface area contributed by atoms with E-state index in [0.717, 1.165) is 6.04 Å². The van der Waals surface area contributed by atoms with Gasteiger partial charge in [0.15, 0.2) is 0 Å². The predicted molar refractivity (Wildman–Crippen MR) is 65.8 cm³/mol. The summed E-state index contributed by atoms with van der Waals surface area (Å²) in [5.41, 5.74) is 2.90. The van der Waals surface area contributed by atoms with Crippen LogP contribution in [0.3, 0.4) is 0 Å². The zero-order valence-corrected chi connectivity index (χ0v) is 9.72. The lowest BCUT2D eigenvalue weighted by Crippen LogP contribution is -2.29. The van der Waals surface area contributed by atoms with Gasteiger partial charge in [-0.05, 0) is 23.2 Å². The molecule has 14 heavy (non-hydrogen) atoms. The van der Waals surface area contributed by atoms with Gasteiger partial charge in [0.2, 0.25) is 0 Å². The van der Waals surface area contributed by atoms with Gasteiger partial charge < -0.3 is 0 Å². The van der Waals surface area contributed by atoms with Crippen molar-refractivity contribution in [3.8, 4) is 0 Å². The van der Waals surface area contributed by atoms with Crippen molar-refractivity contribution in [3.05, 3.63) is 54.6 Å². The van der Waals surface area contributed by atoms with E-state index >= 15 is 0 Å². The average Bonchev–Trinajstić information content (AvgIpc) is 2.41. The minimum absolute atomic E-state index is 1.15. The Hall–Kier alpha value is -1.08. The van der Waals surface area contributed by atoms with Crippen LogP contribution in [0, 0.1) is 0 Å². The van der Waals surface area contributed by atoms with Gasteiger partial charge in [0.25, 0.3) is 0 Å². The molecule has 0 aromatic heterocycles. The Morgan fingerprint density at radius 1 is 1.43 bits per heavy atom. The predicted octanol–water partition coefficient (Wildman–Crippen LogP) is 3.60. The van der Waals surface area contributed by atoms with E-state index < -0.39 is 8.07 Å². The fraction of sp³-hybridized carbons (Fsp3) is 0.231. The lowest BCUT2D eigenvalue weighted by Gasteiger charge is -2.20. The maximum absolute atomic E-state index is 4.28. The van der Waals surface area contributed by atoms with Crippen LogP contribution >= 0.6 is 0 Å². The van der Waals surface area contributed by atoms with Gasteiger partial charge in [0, 0.05) is 0 Å². The molecule has 0 radical (unpaired) electrons. The van der Waals surface area contributed by atoms with Gasteiger partial charge in [-0.2, -0.15) is 0 Å². The molecule has 1 atom stereocenters. The minimum Gasteiger partial charge on any atom is -0.103 e. The Labute approximate surface area is 87.0 Å². The van der Waals surface area contributed by atoms with Gasteiger partial charge in [-0.3, -0.25) is 0 Å². The van der Waals surface area contributed by atoms with E-state index in [-0.39, 0.29) is 0 Å². The highest BCUT2D eigenvalue weighted by atomic mass is 28.3. The monoisotopic (exact) mass is 200 g/mol. The Morgan fingerprint density at radius 2 is 2.14 bits per heavy atom. The molecule has 2 rings (SSSR count). The van der Waals surface area contributed by atoms with Crippen molar-refractivity contribution >= 4 is 13.3 Å². The fourth-order valence-corrected chi connectivity index (χ4v) is 5.62. The average molecular weight is 200 g/mol. The molecule has 1 aromatic carbocycles. The van der Waals surface area contributed by atoms with Crippen LogP contribution in [-0.2, 0) is 6.04 Å². The molecule has 0 N–H and O–H groups in total. The highest BCUT2D eigenvalue weighted by Crippen LogP contribution is 2.39. The molecule has 0 nitrogen and oxygen atoms in total. The van der Waals surface area contributed by atoms with Crippen molar-refractivity contribution in [1.82, 2.24) is 0 Å². The van der Waals surface area contributed by atoms with Crippen LogP contribution in [0.2, 0.25) is 12.6 Å². The first-order valence-corrected chi connectivity index (χ1v) is 7.97. The summed E-state index contributed by atoms with van der Waals surface area (Å²) in [5, 5.41) is 1.41. The maximum Gasteiger partial charge on any atom is 0.0916 e. The van der Waals surface area contributed by atoms with E-state index in [0.29, 0.717) is 0 Å². The molecule has 1 aliphatic heterocycles. The summed E-state index contributed by atoms with van der Waals surface area (Å²) in [6, 6.07) is 11.1. The Morgan fingerprint density at radius 3 is 2.79 bits per heavy atom. The molecule has 1 aromatic rings. The highest BCUT2D eigenvalue weighted by molar-refractivity contribution is 6.96. The lowest BCUT2D eigenvalue weighted by molar-refractivity contribution is 1.34. The highest BCUT2D eigenvalue weighted by Gasteiger charge is 2.36. The number of hydrogen-bond acceptors (Lipinski definition) is 0. The zero-order chi connectivity index (χ0) is 10.2. The van der Waals surface area contributed by atoms with Crippen LogP contribution in [0.5, 0.6) is 0 Å². The SMILES string of the molecule is C=CC[Si]1(C)Cc2ccccc2C1=C. The molecule has 1 heteroatoms. The summed E-state index contributed by atoms with van der Waals surface area (Å²) in [6.45, 7) is 10.6. The fourth-order valence-electron chi connectivity index (χ4n) is 2.33. The standard InChI is InChI=1S/C13H16Si/c1-4-9-14(3)10-12-7-5-6-8-13(12)11(14)2/h4-8H,1-2,9-10H2,3H3. The Bertz CT molecular complexity index is 392. The molecule has 0 amide bonds. The second kappa shape index (κ2) is 3.25. The molecule has 0 saturated carbocycles. The van der Waals surface area contributed by atoms with Crippen molar-refractivity contribution in [1.29, 1.82) is 0 Å². The van der Waals surface area contributed by atoms with Gasteiger partial charge in [-0.25, -0.2) is 0 Å². The molecule has 0 aliphatic carbocycles. The molecule has 1 unspecified atom stereocenters. The number of hydrogen-bond donors (Lipinski definition) is 0. The number of benzene rings is 1. The summed E-state index contributed by atoms with van der Waals surface area (Å²) in [7, 11) is -1.31. The van der Waals surface area contributed by atoms with E-state index in [9.17, 15) is 0 Å². The summed E-state index contributed by atoms with van der Waals surface area (Å²) in [4.78, 5) is 0. The molecule has 0 bridgehead atoms. The van der Waals surface area contributed by atoms with E-state index in [1.807, 2.05) is 0 Å². The van der Waals surface area contributed by atoms with Gasteiger partial charge in [-0.15, -0.1) is 6.58 Å². The first-order chi connectivity index (χ1) is 6.67. The first kappa shape index (κ1) is 9.47. The van der Waals surface area contributed by atoms with Crippen molar-refractivity contribution in [2.45, 2.75) is 18.6 Å². The molecule has 0 spiro atoms. The third-order valence-corrected chi connectivity index (χ3v) is 7.32. The lowest BCUT2D eigenvalue weighted by atomic mass is 10.1. The number of fused-ring (bicyclic) bond motifs is 1. The molecule has 1 aliphatic rings. The summed E-state index contributed by atoms with van der Waals surface area (Å²) >= 11 is 0. The second-order valence-corrected chi connectivity index (χ2v) is 8.85. The molecule has 1 heterocycles. The van der Waals surface area contributed by atoms with Crippen molar-refractivity contribution < 1.29 is 0 Å². The van der Waals surface area contributed by atoms with Crippen LogP contribution < -0.4 is 0 Å². The van der Waals surface area contributed by atoms with Gasteiger partial charge in [-0.1, -0.05) is 48.7 Å². The van der Waals surface area contributed by atoms with Gasteiger partial charge in [0.1, 0.15) is 0 Å². The quantitative estimate of drug-likeness (QED) is 0.505. The van der Waals surface area contributed by atoms with Crippen LogP contribution in [0.25, 0.3) is 5.20 Å². The van der Waals surface area contributed by atoms with Crippen LogP contribution in [0.15, 0.2) is 43.5 Å². The summed E-state index contributed by atoms with van der Waals surface area (Å²) in [5.74, 6) is 0. The summed E-state index contributed by atoms with van der Waals surface area (Å²) in [6.07, 6.45) is 2.06.